The summed E-state index contributed by atoms with van der Waals surface area (Å²) in [6, 6.07) is 13.2. The van der Waals surface area contributed by atoms with E-state index in [0.717, 1.165) is 23.4 Å². The third-order valence-electron chi connectivity index (χ3n) is 3.98. The van der Waals surface area contributed by atoms with Crippen LogP contribution in [0.15, 0.2) is 74.6 Å². The molecule has 0 aromatic heterocycles. The Balaban J connectivity index is 1.77. The maximum Gasteiger partial charge on any atom is 0.331 e. The van der Waals surface area contributed by atoms with Gasteiger partial charge in [-0.15, -0.1) is 5.10 Å². The first-order valence-electron chi connectivity index (χ1n) is 8.87. The van der Waals surface area contributed by atoms with E-state index in [0.29, 0.717) is 11.3 Å². The van der Waals surface area contributed by atoms with Gasteiger partial charge in [-0.25, -0.2) is 13.2 Å². The molecular weight excluding hydrogens is 440 g/mol. The van der Waals surface area contributed by atoms with Crippen molar-refractivity contribution in [2.45, 2.75) is 11.8 Å². The third-order valence-corrected chi connectivity index (χ3v) is 6.26. The Labute approximate surface area is 183 Å². The average molecular weight is 459 g/mol. The fourth-order valence-electron chi connectivity index (χ4n) is 2.41. The number of sulfonamides is 1. The quantitative estimate of drug-likeness (QED) is 0.296. The molecule has 0 unspecified atom stereocenters. The molecule has 2 aromatic rings. The minimum absolute atomic E-state index is 0.132. The number of ether oxygens (including phenoxy) is 1. The first kappa shape index (κ1) is 22.2. The summed E-state index contributed by atoms with van der Waals surface area (Å²) in [5, 5.41) is 10.5. The smallest absolute Gasteiger partial charge is 0.331 e. The average Bonchev–Trinajstić information content (AvgIpc) is 3.08. The van der Waals surface area contributed by atoms with Crippen molar-refractivity contribution in [2.24, 2.45) is 10.2 Å². The van der Waals surface area contributed by atoms with Gasteiger partial charge in [-0.3, -0.25) is 14.8 Å². The van der Waals surface area contributed by atoms with Crippen LogP contribution < -0.4 is 10.0 Å². The van der Waals surface area contributed by atoms with Gasteiger partial charge in [0.25, 0.3) is 15.9 Å². The van der Waals surface area contributed by atoms with Gasteiger partial charge in [0.2, 0.25) is 0 Å². The van der Waals surface area contributed by atoms with E-state index in [1.807, 2.05) is 6.92 Å². The number of hydrogen-bond donors (Lipinski definition) is 2. The van der Waals surface area contributed by atoms with Crippen molar-refractivity contribution in [1.29, 1.82) is 0 Å². The lowest BCUT2D eigenvalue weighted by Gasteiger charge is -2.10. The minimum atomic E-state index is -3.78. The summed E-state index contributed by atoms with van der Waals surface area (Å²) in [5.74, 6) is -1.15. The topological polar surface area (TPSA) is 126 Å². The summed E-state index contributed by atoms with van der Waals surface area (Å²) >= 11 is 0.935. The second-order valence-electron chi connectivity index (χ2n) is 6.24. The number of methoxy groups -OCH3 is 1. The largest absolute Gasteiger partial charge is 0.466 e. The van der Waals surface area contributed by atoms with E-state index in [9.17, 15) is 18.0 Å². The Morgan fingerprint density at radius 2 is 1.87 bits per heavy atom. The van der Waals surface area contributed by atoms with Gasteiger partial charge >= 0.3 is 5.97 Å². The number of rotatable bonds is 6. The van der Waals surface area contributed by atoms with Crippen LogP contribution in [-0.4, -0.2) is 38.8 Å². The molecule has 1 aliphatic rings. The Hall–Kier alpha value is -3.44. The van der Waals surface area contributed by atoms with Crippen LogP contribution >= 0.6 is 11.8 Å². The molecule has 0 aliphatic carbocycles. The van der Waals surface area contributed by atoms with Crippen molar-refractivity contribution in [3.05, 3.63) is 70.6 Å². The van der Waals surface area contributed by atoms with Gasteiger partial charge in [-0.1, -0.05) is 35.9 Å². The molecule has 1 aliphatic heterocycles. The van der Waals surface area contributed by atoms with Crippen molar-refractivity contribution < 1.29 is 22.7 Å². The summed E-state index contributed by atoms with van der Waals surface area (Å²) in [7, 11) is -2.57. The highest BCUT2D eigenvalue weighted by molar-refractivity contribution is 8.18. The summed E-state index contributed by atoms with van der Waals surface area (Å²) in [6.07, 6.45) is 2.41. The van der Waals surface area contributed by atoms with Crippen LogP contribution in [0.25, 0.3) is 0 Å². The highest BCUT2D eigenvalue weighted by Crippen LogP contribution is 2.24. The Morgan fingerprint density at radius 3 is 2.58 bits per heavy atom. The molecule has 160 valence electrons. The molecule has 1 heterocycles. The maximum atomic E-state index is 12.7. The van der Waals surface area contributed by atoms with E-state index in [-0.39, 0.29) is 15.0 Å². The predicted octanol–water partition coefficient (Wildman–Crippen LogP) is 2.41. The van der Waals surface area contributed by atoms with E-state index < -0.39 is 21.9 Å². The molecule has 0 bridgehead atoms. The number of carbonyl (C=O) groups is 2. The van der Waals surface area contributed by atoms with Gasteiger partial charge in [0.05, 0.1) is 28.8 Å². The van der Waals surface area contributed by atoms with Crippen LogP contribution in [-0.2, 0) is 24.3 Å². The van der Waals surface area contributed by atoms with Crippen molar-refractivity contribution in [3.63, 3.8) is 0 Å². The Bertz CT molecular complexity index is 1200. The summed E-state index contributed by atoms with van der Waals surface area (Å²) in [4.78, 5) is 23.4. The fourth-order valence-corrected chi connectivity index (χ4v) is 4.23. The van der Waals surface area contributed by atoms with Crippen molar-refractivity contribution >= 4 is 50.7 Å². The molecular formula is C20H18N4O5S2. The second-order valence-corrected chi connectivity index (χ2v) is 8.96. The van der Waals surface area contributed by atoms with Crippen molar-refractivity contribution in [3.8, 4) is 0 Å². The zero-order valence-corrected chi connectivity index (χ0v) is 18.2. The number of nitrogens with one attached hydrogen (secondary N) is 2. The van der Waals surface area contributed by atoms with Crippen LogP contribution in [0.3, 0.4) is 0 Å². The van der Waals surface area contributed by atoms with Gasteiger partial charge < -0.3 is 4.74 Å². The van der Waals surface area contributed by atoms with Crippen LogP contribution in [0.2, 0.25) is 0 Å². The normalized spacial score (nSPS) is 16.6. The van der Waals surface area contributed by atoms with Crippen molar-refractivity contribution in [2.75, 3.05) is 11.8 Å². The molecule has 31 heavy (non-hydrogen) atoms. The molecule has 2 N–H and O–H groups in total. The number of esters is 1. The fraction of sp³-hybridized carbons (Fsp3) is 0.100. The van der Waals surface area contributed by atoms with E-state index in [2.05, 4.69) is 25.0 Å². The molecule has 1 fully saturated rings. The number of anilines is 1. The number of carbonyl (C=O) groups excluding carboxylic acids is 2. The molecule has 3 rings (SSSR count). The Morgan fingerprint density at radius 1 is 1.16 bits per heavy atom. The summed E-state index contributed by atoms with van der Waals surface area (Å²) in [6.45, 7) is 1.87. The van der Waals surface area contributed by atoms with E-state index in [1.54, 1.807) is 36.4 Å². The molecule has 9 nitrogen and oxygen atoms in total. The molecule has 11 heteroatoms. The SMILES string of the molecule is COC(=O)/C=C1/S/C(=N\N=Cc2ccccc2NS(=O)(=O)c2ccc(C)cc2)NC1=O. The molecule has 0 radical (unpaired) electrons. The van der Waals surface area contributed by atoms with Gasteiger partial charge in [0.15, 0.2) is 5.17 Å². The number of nitrogens with zero attached hydrogens (tertiary/aromatic N) is 2. The first-order valence-corrected chi connectivity index (χ1v) is 11.2. The van der Waals surface area contributed by atoms with Crippen LogP contribution in [0.1, 0.15) is 11.1 Å². The number of para-hydroxylation sites is 1. The summed E-state index contributed by atoms with van der Waals surface area (Å²) < 4.78 is 32.3. The Kier molecular flexibility index (Phi) is 6.88. The van der Waals surface area contributed by atoms with E-state index >= 15 is 0 Å². The maximum absolute atomic E-state index is 12.7. The van der Waals surface area contributed by atoms with E-state index in [4.69, 9.17) is 0 Å². The van der Waals surface area contributed by atoms with Crippen LogP contribution in [0, 0.1) is 6.92 Å². The third kappa shape index (κ3) is 5.80. The standard InChI is InChI=1S/C20H18N4O5S2/c1-13-7-9-15(10-8-13)31(27,28)24-16-6-4-3-5-14(16)12-21-23-20-22-19(26)17(30-20)11-18(25)29-2/h3-12,24H,1-2H3,(H,22,23,26)/b17-11+,21-12?. The predicted molar refractivity (Wildman–Crippen MR) is 119 cm³/mol. The lowest BCUT2D eigenvalue weighted by Crippen LogP contribution is -2.19. The van der Waals surface area contributed by atoms with Crippen LogP contribution in [0.5, 0.6) is 0 Å². The van der Waals surface area contributed by atoms with E-state index in [1.165, 1.54) is 25.5 Å². The monoisotopic (exact) mass is 458 g/mol. The molecule has 0 atom stereocenters. The minimum Gasteiger partial charge on any atom is -0.466 e. The molecule has 0 spiro atoms. The summed E-state index contributed by atoms with van der Waals surface area (Å²) in [5.41, 5.74) is 1.75. The van der Waals surface area contributed by atoms with Gasteiger partial charge in [-0.2, -0.15) is 5.10 Å². The van der Waals surface area contributed by atoms with Crippen molar-refractivity contribution in [1.82, 2.24) is 5.32 Å². The van der Waals surface area contributed by atoms with Crippen LogP contribution in [0.4, 0.5) is 5.69 Å². The number of amides is 1. The number of hydrogen-bond acceptors (Lipinski definition) is 8. The highest BCUT2D eigenvalue weighted by atomic mass is 32.2. The molecule has 2 aromatic carbocycles. The molecule has 1 amide bonds. The number of amidine groups is 1. The second kappa shape index (κ2) is 9.58. The number of aryl methyl sites for hydroxylation is 1. The highest BCUT2D eigenvalue weighted by Gasteiger charge is 2.25. The molecule has 0 saturated carbocycles. The molecule has 1 saturated heterocycles. The van der Waals surface area contributed by atoms with Gasteiger partial charge in [0, 0.05) is 11.6 Å². The lowest BCUT2D eigenvalue weighted by molar-refractivity contribution is -0.135. The number of benzene rings is 2. The van der Waals surface area contributed by atoms with Gasteiger partial charge in [0.1, 0.15) is 0 Å². The first-order chi connectivity index (χ1) is 14.8. The lowest BCUT2D eigenvalue weighted by atomic mass is 10.2. The van der Waals surface area contributed by atoms with Gasteiger partial charge in [-0.05, 0) is 36.9 Å². The zero-order chi connectivity index (χ0) is 22.4. The zero-order valence-electron chi connectivity index (χ0n) is 16.5. The number of thioether (sulfide) groups is 1.